The zero-order valence-electron chi connectivity index (χ0n) is 22.7. The maximum Gasteiger partial charge on any atom is 0.327 e. The van der Waals surface area contributed by atoms with E-state index >= 15 is 0 Å². The molecule has 1 unspecified atom stereocenters. The molecule has 0 spiro atoms. The summed E-state index contributed by atoms with van der Waals surface area (Å²) in [6.45, 7) is 3.07. The quantitative estimate of drug-likeness (QED) is 0.257. The van der Waals surface area contributed by atoms with Crippen molar-refractivity contribution < 1.29 is 29.1 Å². The van der Waals surface area contributed by atoms with Crippen molar-refractivity contribution in [3.05, 3.63) is 35.4 Å². The standard InChI is InChI=1S/C26H39N5O6S2/c1-16(2)9-19(27)24(34)31-20-7-8-39(3)15-18-6-4-5-17(10-18)13-38-14-21(26(36)37)30-23(33)12-28-22(32)11-29-25(20)35/h4-6,10,16,19-21H,7-9,11-15,27H2,1-3H3,(H4-,28,29,30,31,32,33,34,35,36,37)/p+1/t19-,20-,21-,39?/m0/s1. The smallest absolute Gasteiger partial charge is 0.327 e. The van der Waals surface area contributed by atoms with E-state index in [2.05, 4.69) is 33.6 Å². The number of nitrogens with one attached hydrogen (secondary N) is 4. The van der Waals surface area contributed by atoms with Crippen LogP contribution in [0.25, 0.3) is 0 Å². The van der Waals surface area contributed by atoms with Crippen molar-refractivity contribution in [3.63, 3.8) is 0 Å². The fourth-order valence-electron chi connectivity index (χ4n) is 3.89. The molecule has 0 aliphatic carbocycles. The fourth-order valence-corrected chi connectivity index (χ4v) is 6.42. The van der Waals surface area contributed by atoms with Gasteiger partial charge in [0.2, 0.25) is 23.6 Å². The Labute approximate surface area is 236 Å². The average Bonchev–Trinajstić information content (AvgIpc) is 2.86. The van der Waals surface area contributed by atoms with Crippen molar-refractivity contribution >= 4 is 52.3 Å². The van der Waals surface area contributed by atoms with Gasteiger partial charge in [-0.05, 0) is 28.8 Å². The average molecular weight is 583 g/mol. The van der Waals surface area contributed by atoms with Crippen molar-refractivity contribution in [1.29, 1.82) is 0 Å². The molecule has 1 aliphatic rings. The second-order valence-electron chi connectivity index (χ2n) is 10.0. The first-order valence-corrected chi connectivity index (χ1v) is 15.9. The Morgan fingerprint density at radius 1 is 1.15 bits per heavy atom. The third-order valence-corrected chi connectivity index (χ3v) is 8.78. The fraction of sp³-hybridized carbons (Fsp3) is 0.577. The molecule has 7 N–H and O–H groups in total. The summed E-state index contributed by atoms with van der Waals surface area (Å²) in [5, 5.41) is 19.5. The van der Waals surface area contributed by atoms with Gasteiger partial charge in [-0.15, -0.1) is 0 Å². The Bertz CT molecular complexity index is 1020. The van der Waals surface area contributed by atoms with E-state index in [-0.39, 0.29) is 22.6 Å². The first kappa shape index (κ1) is 32.4. The minimum Gasteiger partial charge on any atom is -0.480 e. The highest BCUT2D eigenvalue weighted by atomic mass is 32.2. The van der Waals surface area contributed by atoms with E-state index in [0.717, 1.165) is 16.9 Å². The number of carbonyl (C=O) groups excluding carboxylic acids is 4. The van der Waals surface area contributed by atoms with Crippen molar-refractivity contribution in [3.8, 4) is 0 Å². The van der Waals surface area contributed by atoms with Crippen molar-refractivity contribution in [1.82, 2.24) is 21.3 Å². The van der Waals surface area contributed by atoms with Gasteiger partial charge in [0.15, 0.2) is 0 Å². The van der Waals surface area contributed by atoms with Crippen LogP contribution in [-0.4, -0.2) is 83.7 Å². The first-order valence-electron chi connectivity index (χ1n) is 12.8. The van der Waals surface area contributed by atoms with Crippen LogP contribution < -0.4 is 27.0 Å². The lowest BCUT2D eigenvalue weighted by Gasteiger charge is -2.21. The number of benzene rings is 1. The second-order valence-corrected chi connectivity index (χ2v) is 13.3. The molecular weight excluding hydrogens is 542 g/mol. The lowest BCUT2D eigenvalue weighted by molar-refractivity contribution is -0.141. The molecule has 0 fully saturated rings. The van der Waals surface area contributed by atoms with Gasteiger partial charge in [0.05, 0.1) is 25.4 Å². The maximum absolute atomic E-state index is 13.0. The van der Waals surface area contributed by atoms with Gasteiger partial charge in [0.25, 0.3) is 0 Å². The van der Waals surface area contributed by atoms with Gasteiger partial charge >= 0.3 is 5.97 Å². The first-order chi connectivity index (χ1) is 18.4. The summed E-state index contributed by atoms with van der Waals surface area (Å²) in [5.74, 6) is -0.976. The molecule has 1 aliphatic heterocycles. The molecule has 11 nitrogen and oxygen atoms in total. The number of fused-ring (bicyclic) bond motifs is 2. The largest absolute Gasteiger partial charge is 0.480 e. The predicted octanol–water partition coefficient (Wildman–Crippen LogP) is -0.268. The van der Waals surface area contributed by atoms with Crippen LogP contribution in [0.15, 0.2) is 24.3 Å². The zero-order chi connectivity index (χ0) is 28.9. The highest BCUT2D eigenvalue weighted by Crippen LogP contribution is 2.17. The topological polar surface area (TPSA) is 180 Å². The zero-order valence-corrected chi connectivity index (χ0v) is 24.3. The molecule has 0 saturated carbocycles. The normalized spacial score (nSPS) is 23.1. The highest BCUT2D eigenvalue weighted by molar-refractivity contribution is 7.98. The molecule has 2 rings (SSSR count). The SMILES string of the molecule is CC(C)C[C@H](N)C(=O)N[C@H]1CC[S+](C)Cc2cccc(c2)CSC[C@@H](C(=O)O)NC(=O)CNC(=O)CNC1=O. The number of nitrogens with two attached hydrogens (primary N) is 1. The maximum atomic E-state index is 13.0. The van der Waals surface area contributed by atoms with Crippen LogP contribution in [-0.2, 0) is 46.4 Å². The number of carboxylic acid groups (broad SMARTS) is 1. The van der Waals surface area contributed by atoms with Crippen LogP contribution in [0.1, 0.15) is 37.8 Å². The third-order valence-electron chi connectivity index (χ3n) is 5.91. The lowest BCUT2D eigenvalue weighted by Crippen LogP contribution is -2.53. The number of hydrogen-bond acceptors (Lipinski definition) is 7. The van der Waals surface area contributed by atoms with Gasteiger partial charge in [-0.3, -0.25) is 19.2 Å². The van der Waals surface area contributed by atoms with Crippen molar-refractivity contribution in [2.24, 2.45) is 11.7 Å². The Hall–Kier alpha value is -2.77. The molecule has 2 bridgehead atoms. The van der Waals surface area contributed by atoms with Gasteiger partial charge in [-0.1, -0.05) is 38.1 Å². The van der Waals surface area contributed by atoms with Crippen LogP contribution in [0.2, 0.25) is 0 Å². The minimum atomic E-state index is -1.17. The van der Waals surface area contributed by atoms with E-state index in [1.807, 2.05) is 32.0 Å². The molecule has 0 aromatic heterocycles. The Balaban J connectivity index is 2.18. The predicted molar refractivity (Wildman–Crippen MR) is 154 cm³/mol. The van der Waals surface area contributed by atoms with Crippen molar-refractivity contribution in [2.75, 3.05) is 30.9 Å². The third kappa shape index (κ3) is 12.3. The van der Waals surface area contributed by atoms with Crippen molar-refractivity contribution in [2.45, 2.75) is 56.3 Å². The number of hydrogen-bond donors (Lipinski definition) is 6. The molecule has 4 amide bonds. The molecule has 1 heterocycles. The van der Waals surface area contributed by atoms with E-state index in [1.165, 1.54) is 11.8 Å². The lowest BCUT2D eigenvalue weighted by atomic mass is 10.0. The van der Waals surface area contributed by atoms with Gasteiger partial charge in [0, 0.05) is 23.5 Å². The summed E-state index contributed by atoms with van der Waals surface area (Å²) in [5.41, 5.74) is 8.18. The van der Waals surface area contributed by atoms with E-state index in [1.54, 1.807) is 0 Å². The van der Waals surface area contributed by atoms with Gasteiger partial charge in [-0.2, -0.15) is 11.8 Å². The van der Waals surface area contributed by atoms with Crippen LogP contribution in [0, 0.1) is 5.92 Å². The number of rotatable bonds is 5. The number of amides is 4. The monoisotopic (exact) mass is 582 g/mol. The van der Waals surface area contributed by atoms with E-state index < -0.39 is 60.8 Å². The Morgan fingerprint density at radius 2 is 1.85 bits per heavy atom. The molecule has 216 valence electrons. The molecule has 0 saturated heterocycles. The van der Waals surface area contributed by atoms with E-state index in [9.17, 15) is 29.1 Å². The number of carboxylic acids is 1. The second kappa shape index (κ2) is 16.4. The van der Waals surface area contributed by atoms with Crippen LogP contribution in [0.3, 0.4) is 0 Å². The molecule has 0 radical (unpaired) electrons. The van der Waals surface area contributed by atoms with Gasteiger partial charge in [-0.25, -0.2) is 4.79 Å². The molecule has 1 aromatic carbocycles. The highest BCUT2D eigenvalue weighted by Gasteiger charge is 2.27. The summed E-state index contributed by atoms with van der Waals surface area (Å²) in [6.07, 6.45) is 2.95. The summed E-state index contributed by atoms with van der Waals surface area (Å²) in [4.78, 5) is 61.7. The summed E-state index contributed by atoms with van der Waals surface area (Å²) >= 11 is 1.40. The Kier molecular flexibility index (Phi) is 13.6. The van der Waals surface area contributed by atoms with Crippen LogP contribution >= 0.6 is 11.8 Å². The van der Waals surface area contributed by atoms with Gasteiger partial charge < -0.3 is 32.1 Å². The van der Waals surface area contributed by atoms with E-state index in [4.69, 9.17) is 5.73 Å². The summed E-state index contributed by atoms with van der Waals surface area (Å²) in [6, 6.07) is 5.30. The molecule has 1 aromatic rings. The Morgan fingerprint density at radius 3 is 2.54 bits per heavy atom. The molecular formula is C26H40N5O6S2+. The van der Waals surface area contributed by atoms with Gasteiger partial charge in [0.1, 0.15) is 23.6 Å². The number of thioether (sulfide) groups is 1. The minimum absolute atomic E-state index is 0.105. The van der Waals surface area contributed by atoms with Crippen LogP contribution in [0.5, 0.6) is 0 Å². The summed E-state index contributed by atoms with van der Waals surface area (Å²) < 4.78 is 0. The number of carbonyl (C=O) groups is 5. The number of aliphatic carboxylic acids is 1. The molecule has 39 heavy (non-hydrogen) atoms. The molecule has 13 heteroatoms. The molecule has 4 atom stereocenters. The van der Waals surface area contributed by atoms with Crippen LogP contribution in [0.4, 0.5) is 0 Å². The van der Waals surface area contributed by atoms with E-state index in [0.29, 0.717) is 24.3 Å². The summed E-state index contributed by atoms with van der Waals surface area (Å²) in [7, 11) is -0.105.